The van der Waals surface area contributed by atoms with E-state index in [2.05, 4.69) is 10.3 Å². The monoisotopic (exact) mass is 366 g/mol. The smallest absolute Gasteiger partial charge is 0.414 e. The number of hydrogen-bond acceptors (Lipinski definition) is 6. The minimum Gasteiger partial charge on any atom is -0.449 e. The number of nitrogens with zero attached hydrogens (tertiary/aromatic N) is 3. The molecule has 0 fully saturated rings. The molecule has 1 atom stereocenters. The average Bonchev–Trinajstić information content (AvgIpc) is 3.01. The van der Waals surface area contributed by atoms with E-state index < -0.39 is 11.0 Å². The van der Waals surface area contributed by atoms with Crippen LogP contribution in [0, 0.1) is 10.1 Å². The summed E-state index contributed by atoms with van der Waals surface area (Å²) in [6.45, 7) is 0.727. The second-order valence-corrected chi connectivity index (χ2v) is 5.85. The van der Waals surface area contributed by atoms with Crippen LogP contribution in [0.3, 0.4) is 0 Å². The topological polar surface area (TPSA) is 109 Å². The highest BCUT2D eigenvalue weighted by Gasteiger charge is 2.28. The second kappa shape index (κ2) is 7.39. The molecule has 25 heavy (non-hydrogen) atoms. The Kier molecular flexibility index (Phi) is 5.03. The van der Waals surface area contributed by atoms with Gasteiger partial charge in [-0.15, -0.1) is 0 Å². The molecule has 0 aliphatic carbocycles. The summed E-state index contributed by atoms with van der Waals surface area (Å²) in [6.07, 6.45) is 1.69. The summed E-state index contributed by atoms with van der Waals surface area (Å²) in [7, 11) is 0. The Morgan fingerprint density at radius 1 is 1.48 bits per heavy atom. The Balaban J connectivity index is 1.44. The lowest BCUT2D eigenvalue weighted by Gasteiger charge is -2.21. The number of nitrogens with one attached hydrogen (secondary N) is 1. The first kappa shape index (κ1) is 17.0. The number of rotatable bonds is 5. The maximum Gasteiger partial charge on any atom is 0.414 e. The van der Waals surface area contributed by atoms with Gasteiger partial charge < -0.3 is 19.6 Å². The number of carbonyl (C=O) groups is 1. The van der Waals surface area contributed by atoms with Crippen molar-refractivity contribution in [2.45, 2.75) is 25.5 Å². The first-order valence-corrected chi connectivity index (χ1v) is 7.96. The van der Waals surface area contributed by atoms with Crippen LogP contribution < -0.4 is 10.1 Å². The first-order valence-electron chi connectivity index (χ1n) is 7.59. The Labute approximate surface area is 147 Å². The fraction of sp³-hybridized carbons (Fsp3) is 0.333. The number of carbonyl (C=O) groups excluding carboxylic acids is 1. The van der Waals surface area contributed by atoms with Crippen molar-refractivity contribution in [3.63, 3.8) is 0 Å². The van der Waals surface area contributed by atoms with Gasteiger partial charge in [0.15, 0.2) is 0 Å². The highest BCUT2D eigenvalue weighted by molar-refractivity contribution is 6.30. The molecule has 1 amide bonds. The second-order valence-electron chi connectivity index (χ2n) is 5.42. The average molecular weight is 367 g/mol. The molecule has 2 aromatic rings. The zero-order valence-electron chi connectivity index (χ0n) is 13.1. The molecule has 0 unspecified atom stereocenters. The van der Waals surface area contributed by atoms with E-state index in [0.29, 0.717) is 30.1 Å². The van der Waals surface area contributed by atoms with Crippen molar-refractivity contribution in [1.82, 2.24) is 9.55 Å². The molecule has 0 saturated heterocycles. The van der Waals surface area contributed by atoms with Gasteiger partial charge in [0.05, 0.1) is 6.61 Å². The van der Waals surface area contributed by atoms with Gasteiger partial charge in [-0.1, -0.05) is 11.6 Å². The minimum atomic E-state index is -0.574. The predicted octanol–water partition coefficient (Wildman–Crippen LogP) is 3.23. The summed E-state index contributed by atoms with van der Waals surface area (Å²) in [5, 5.41) is 13.9. The molecule has 0 radical (unpaired) electrons. The van der Waals surface area contributed by atoms with Crippen LogP contribution in [0.25, 0.3) is 0 Å². The van der Waals surface area contributed by atoms with E-state index in [1.54, 1.807) is 28.8 Å². The van der Waals surface area contributed by atoms with Gasteiger partial charge in [-0.2, -0.15) is 0 Å². The summed E-state index contributed by atoms with van der Waals surface area (Å²) in [5.74, 6) is -0.241. The zero-order valence-corrected chi connectivity index (χ0v) is 13.8. The van der Waals surface area contributed by atoms with Crippen molar-refractivity contribution < 1.29 is 19.2 Å². The SMILES string of the molecule is O=C(Nc1ccc(Cl)cc1)OCC[C@H]1CCn2cc([N+](=O)[O-])nc2O1. The van der Waals surface area contributed by atoms with Crippen LogP contribution in [0.15, 0.2) is 30.5 Å². The molecule has 10 heteroatoms. The zero-order chi connectivity index (χ0) is 17.8. The molecule has 0 spiro atoms. The lowest BCUT2D eigenvalue weighted by atomic mass is 10.2. The van der Waals surface area contributed by atoms with Crippen LogP contribution >= 0.6 is 11.6 Å². The number of benzene rings is 1. The van der Waals surface area contributed by atoms with E-state index >= 15 is 0 Å². The van der Waals surface area contributed by atoms with Gasteiger partial charge in [0.25, 0.3) is 0 Å². The van der Waals surface area contributed by atoms with Crippen molar-refractivity contribution in [2.75, 3.05) is 11.9 Å². The molecular weight excluding hydrogens is 352 g/mol. The molecule has 3 rings (SSSR count). The van der Waals surface area contributed by atoms with Crippen LogP contribution in [0.4, 0.5) is 16.3 Å². The molecule has 2 heterocycles. The summed E-state index contributed by atoms with van der Waals surface area (Å²) >= 11 is 5.77. The summed E-state index contributed by atoms with van der Waals surface area (Å²) in [6, 6.07) is 6.87. The number of fused-ring (bicyclic) bond motifs is 1. The Bertz CT molecular complexity index is 777. The first-order chi connectivity index (χ1) is 12.0. The molecule has 132 valence electrons. The van der Waals surface area contributed by atoms with Crippen LogP contribution in [0.2, 0.25) is 5.02 Å². The fourth-order valence-corrected chi connectivity index (χ4v) is 2.52. The quantitative estimate of drug-likeness (QED) is 0.642. The van der Waals surface area contributed by atoms with Gasteiger partial charge in [0.1, 0.15) is 12.3 Å². The lowest BCUT2D eigenvalue weighted by Crippen LogP contribution is -2.28. The Hall–Kier alpha value is -2.81. The molecule has 1 aromatic carbocycles. The predicted molar refractivity (Wildman–Crippen MR) is 89.0 cm³/mol. The molecule has 9 nitrogen and oxygen atoms in total. The maximum atomic E-state index is 11.7. The molecule has 1 aromatic heterocycles. The van der Waals surface area contributed by atoms with Crippen molar-refractivity contribution in [3.8, 4) is 6.01 Å². The minimum absolute atomic E-state index is 0.160. The number of ether oxygens (including phenoxy) is 2. The number of anilines is 1. The number of hydrogen-bond donors (Lipinski definition) is 1. The van der Waals surface area contributed by atoms with Gasteiger partial charge in [-0.3, -0.25) is 9.88 Å². The number of imidazole rings is 1. The van der Waals surface area contributed by atoms with E-state index in [1.165, 1.54) is 6.20 Å². The number of aromatic nitrogens is 2. The highest BCUT2D eigenvalue weighted by atomic mass is 35.5. The van der Waals surface area contributed by atoms with E-state index in [1.807, 2.05) is 0 Å². The standard InChI is InChI=1S/C15H15ClN4O5/c16-10-1-3-11(4-2-10)17-15(21)24-8-6-12-5-7-19-9-13(20(22)23)18-14(19)25-12/h1-4,9,12H,5-8H2,(H,17,21)/t12-/m1/s1. The van der Waals surface area contributed by atoms with Gasteiger partial charge >= 0.3 is 17.9 Å². The highest BCUT2D eigenvalue weighted by Crippen LogP contribution is 2.25. The van der Waals surface area contributed by atoms with Crippen molar-refractivity contribution >= 4 is 29.2 Å². The molecular formula is C15H15ClN4O5. The Morgan fingerprint density at radius 2 is 2.24 bits per heavy atom. The van der Waals surface area contributed by atoms with Gasteiger partial charge in [-0.25, -0.2) is 4.79 Å². The number of amides is 1. The molecule has 1 aliphatic heterocycles. The van der Waals surface area contributed by atoms with Gasteiger partial charge in [0, 0.05) is 35.1 Å². The van der Waals surface area contributed by atoms with Crippen LogP contribution in [-0.2, 0) is 11.3 Å². The lowest BCUT2D eigenvalue weighted by molar-refractivity contribution is -0.389. The molecule has 1 aliphatic rings. The van der Waals surface area contributed by atoms with Crippen molar-refractivity contribution in [3.05, 3.63) is 45.6 Å². The molecule has 1 N–H and O–H groups in total. The van der Waals surface area contributed by atoms with E-state index in [4.69, 9.17) is 21.1 Å². The maximum absolute atomic E-state index is 11.7. The summed E-state index contributed by atoms with van der Waals surface area (Å²) in [5.41, 5.74) is 0.581. The normalized spacial score (nSPS) is 15.8. The van der Waals surface area contributed by atoms with Crippen LogP contribution in [-0.4, -0.2) is 33.3 Å². The number of aryl methyl sites for hydroxylation is 1. The third-order valence-electron chi connectivity index (χ3n) is 3.64. The van der Waals surface area contributed by atoms with E-state index in [-0.39, 0.29) is 24.5 Å². The largest absolute Gasteiger partial charge is 0.449 e. The third-order valence-corrected chi connectivity index (χ3v) is 3.89. The Morgan fingerprint density at radius 3 is 2.96 bits per heavy atom. The fourth-order valence-electron chi connectivity index (χ4n) is 2.39. The molecule has 0 saturated carbocycles. The van der Waals surface area contributed by atoms with E-state index in [9.17, 15) is 14.9 Å². The van der Waals surface area contributed by atoms with Crippen molar-refractivity contribution in [1.29, 1.82) is 0 Å². The third kappa shape index (κ3) is 4.38. The number of nitro groups is 1. The number of halogens is 1. The summed E-state index contributed by atoms with van der Waals surface area (Å²) in [4.78, 5) is 25.7. The summed E-state index contributed by atoms with van der Waals surface area (Å²) < 4.78 is 12.3. The van der Waals surface area contributed by atoms with Crippen molar-refractivity contribution in [2.24, 2.45) is 0 Å². The van der Waals surface area contributed by atoms with E-state index in [0.717, 1.165) is 0 Å². The van der Waals surface area contributed by atoms with Gasteiger partial charge in [-0.05, 0) is 29.2 Å². The van der Waals surface area contributed by atoms with Crippen LogP contribution in [0.5, 0.6) is 6.01 Å². The van der Waals surface area contributed by atoms with Crippen LogP contribution in [0.1, 0.15) is 12.8 Å². The van der Waals surface area contributed by atoms with Gasteiger partial charge in [0.2, 0.25) is 0 Å². The molecule has 0 bridgehead atoms.